The molecule has 2 rings (SSSR count). The Hall–Kier alpha value is -3.04. The average molecular weight is 380 g/mol. The van der Waals surface area contributed by atoms with Gasteiger partial charge in [-0.15, -0.1) is 0 Å². The number of carboxylic acids is 1. The van der Waals surface area contributed by atoms with Crippen molar-refractivity contribution in [1.29, 1.82) is 0 Å². The Labute approximate surface area is 151 Å². The molecule has 0 aliphatic carbocycles. The third-order valence-electron chi connectivity index (χ3n) is 3.00. The zero-order valence-electron chi connectivity index (χ0n) is 12.4. The smallest absolute Gasteiger partial charge is 0.335 e. The highest BCUT2D eigenvalue weighted by molar-refractivity contribution is 7.80. The van der Waals surface area contributed by atoms with Crippen LogP contribution in [0.15, 0.2) is 42.5 Å². The Morgan fingerprint density at radius 1 is 1.20 bits per heavy atom. The van der Waals surface area contributed by atoms with Gasteiger partial charge in [0.05, 0.1) is 21.1 Å². The first kappa shape index (κ1) is 18.3. The number of aromatic carboxylic acids is 1. The van der Waals surface area contributed by atoms with E-state index >= 15 is 0 Å². The topological polar surface area (TPSA) is 122 Å². The molecule has 0 atom stereocenters. The van der Waals surface area contributed by atoms with Crippen molar-refractivity contribution < 1.29 is 19.6 Å². The van der Waals surface area contributed by atoms with Crippen molar-refractivity contribution in [2.75, 3.05) is 5.32 Å². The number of benzene rings is 2. The molecule has 0 fully saturated rings. The van der Waals surface area contributed by atoms with Gasteiger partial charge in [0.2, 0.25) is 0 Å². The number of nitro groups is 1. The summed E-state index contributed by atoms with van der Waals surface area (Å²) >= 11 is 10.9. The van der Waals surface area contributed by atoms with Crippen LogP contribution in [0.5, 0.6) is 0 Å². The van der Waals surface area contributed by atoms with Gasteiger partial charge in [0, 0.05) is 17.8 Å². The number of halogens is 1. The summed E-state index contributed by atoms with van der Waals surface area (Å²) in [6.07, 6.45) is 0. The quantitative estimate of drug-likeness (QED) is 0.424. The standard InChI is InChI=1S/C15H10ClN3O5S/c16-12-5-4-10(19(23)24)7-11(12)13(20)18-15(25)17-9-3-1-2-8(6-9)14(21)22/h1-7H,(H,21,22)(H2,17,18,20,25). The van der Waals surface area contributed by atoms with E-state index < -0.39 is 16.8 Å². The van der Waals surface area contributed by atoms with E-state index in [1.54, 1.807) is 6.07 Å². The Balaban J connectivity index is 2.12. The molecule has 0 spiro atoms. The van der Waals surface area contributed by atoms with E-state index in [-0.39, 0.29) is 26.9 Å². The molecule has 0 saturated carbocycles. The number of rotatable bonds is 4. The molecule has 0 bridgehead atoms. The van der Waals surface area contributed by atoms with Gasteiger partial charge in [0.1, 0.15) is 0 Å². The molecule has 3 N–H and O–H groups in total. The minimum Gasteiger partial charge on any atom is -0.478 e. The number of carboxylic acid groups (broad SMARTS) is 1. The number of amides is 1. The number of hydrogen-bond acceptors (Lipinski definition) is 5. The normalized spacial score (nSPS) is 9.96. The Bertz CT molecular complexity index is 887. The molecule has 2 aromatic rings. The predicted molar refractivity (Wildman–Crippen MR) is 95.2 cm³/mol. The van der Waals surface area contributed by atoms with Crippen LogP contribution in [-0.4, -0.2) is 27.0 Å². The highest BCUT2D eigenvalue weighted by Gasteiger charge is 2.17. The molecule has 1 amide bonds. The molecule has 0 radical (unpaired) electrons. The SMILES string of the molecule is O=C(O)c1cccc(NC(=S)NC(=O)c2cc([N+](=O)[O-])ccc2Cl)c1. The number of nitrogens with zero attached hydrogens (tertiary/aromatic N) is 1. The molecule has 25 heavy (non-hydrogen) atoms. The van der Waals surface area contributed by atoms with Crippen LogP contribution in [0.2, 0.25) is 5.02 Å². The molecule has 2 aromatic carbocycles. The van der Waals surface area contributed by atoms with Crippen molar-refractivity contribution in [3.63, 3.8) is 0 Å². The second-order valence-electron chi connectivity index (χ2n) is 4.72. The van der Waals surface area contributed by atoms with Crippen LogP contribution >= 0.6 is 23.8 Å². The Kier molecular flexibility index (Phi) is 5.63. The minimum absolute atomic E-state index is 0.0266. The highest BCUT2D eigenvalue weighted by Crippen LogP contribution is 2.22. The maximum atomic E-state index is 12.2. The first-order chi connectivity index (χ1) is 11.8. The van der Waals surface area contributed by atoms with Gasteiger partial charge >= 0.3 is 5.97 Å². The van der Waals surface area contributed by atoms with Crippen LogP contribution in [0.1, 0.15) is 20.7 Å². The van der Waals surface area contributed by atoms with E-state index in [4.69, 9.17) is 28.9 Å². The van der Waals surface area contributed by atoms with Gasteiger partial charge in [-0.25, -0.2) is 4.79 Å². The third kappa shape index (κ3) is 4.72. The number of anilines is 1. The van der Waals surface area contributed by atoms with Crippen molar-refractivity contribution in [3.8, 4) is 0 Å². The van der Waals surface area contributed by atoms with Gasteiger partial charge in [-0.3, -0.25) is 20.2 Å². The van der Waals surface area contributed by atoms with Crippen molar-refractivity contribution in [2.45, 2.75) is 0 Å². The van der Waals surface area contributed by atoms with E-state index in [9.17, 15) is 19.7 Å². The minimum atomic E-state index is -1.11. The molecule has 0 unspecified atom stereocenters. The Morgan fingerprint density at radius 3 is 2.56 bits per heavy atom. The summed E-state index contributed by atoms with van der Waals surface area (Å²) in [6, 6.07) is 9.25. The summed E-state index contributed by atoms with van der Waals surface area (Å²) in [5.74, 6) is -1.84. The molecule has 8 nitrogen and oxygen atoms in total. The number of carbonyl (C=O) groups excluding carboxylic acids is 1. The number of thiocarbonyl (C=S) groups is 1. The predicted octanol–water partition coefficient (Wildman–Crippen LogP) is 3.07. The van der Waals surface area contributed by atoms with Crippen LogP contribution in [0.4, 0.5) is 11.4 Å². The van der Waals surface area contributed by atoms with Crippen molar-refractivity contribution in [1.82, 2.24) is 5.32 Å². The number of nitro benzene ring substituents is 1. The lowest BCUT2D eigenvalue weighted by Crippen LogP contribution is -2.34. The van der Waals surface area contributed by atoms with Crippen LogP contribution < -0.4 is 10.6 Å². The summed E-state index contributed by atoms with van der Waals surface area (Å²) in [4.78, 5) is 33.2. The molecule has 0 aromatic heterocycles. The molecular formula is C15H10ClN3O5S. The summed E-state index contributed by atoms with van der Waals surface area (Å²) < 4.78 is 0. The molecule has 10 heteroatoms. The van der Waals surface area contributed by atoms with Crippen LogP contribution in [0, 0.1) is 10.1 Å². The fourth-order valence-corrected chi connectivity index (χ4v) is 2.28. The number of hydrogen-bond donors (Lipinski definition) is 3. The molecule has 0 saturated heterocycles. The third-order valence-corrected chi connectivity index (χ3v) is 3.53. The Morgan fingerprint density at radius 2 is 1.92 bits per heavy atom. The second kappa shape index (κ2) is 7.69. The van der Waals surface area contributed by atoms with Gasteiger partial charge in [-0.1, -0.05) is 17.7 Å². The fraction of sp³-hybridized carbons (Fsp3) is 0. The van der Waals surface area contributed by atoms with Gasteiger partial charge in [-0.2, -0.15) is 0 Å². The van der Waals surface area contributed by atoms with Gasteiger partial charge < -0.3 is 10.4 Å². The van der Waals surface area contributed by atoms with Gasteiger partial charge in [-0.05, 0) is 36.5 Å². The lowest BCUT2D eigenvalue weighted by molar-refractivity contribution is -0.384. The first-order valence-corrected chi connectivity index (χ1v) is 7.46. The molecular weight excluding hydrogens is 370 g/mol. The van der Waals surface area contributed by atoms with E-state index in [0.717, 1.165) is 6.07 Å². The van der Waals surface area contributed by atoms with E-state index in [1.807, 2.05) is 0 Å². The monoisotopic (exact) mass is 379 g/mol. The fourth-order valence-electron chi connectivity index (χ4n) is 1.86. The summed E-state index contributed by atoms with van der Waals surface area (Å²) in [7, 11) is 0. The zero-order chi connectivity index (χ0) is 18.6. The van der Waals surface area contributed by atoms with Crippen molar-refractivity contribution >= 4 is 52.2 Å². The van der Waals surface area contributed by atoms with E-state index in [0.29, 0.717) is 5.69 Å². The number of nitrogens with one attached hydrogen (secondary N) is 2. The highest BCUT2D eigenvalue weighted by atomic mass is 35.5. The lowest BCUT2D eigenvalue weighted by atomic mass is 10.2. The maximum Gasteiger partial charge on any atom is 0.335 e. The summed E-state index contributed by atoms with van der Waals surface area (Å²) in [5.41, 5.74) is -0.00177. The maximum absolute atomic E-state index is 12.2. The summed E-state index contributed by atoms with van der Waals surface area (Å²) in [6.45, 7) is 0. The van der Waals surface area contributed by atoms with Crippen molar-refractivity contribution in [3.05, 3.63) is 68.7 Å². The molecule has 0 aliphatic rings. The zero-order valence-corrected chi connectivity index (χ0v) is 13.9. The molecule has 0 aliphatic heterocycles. The number of carbonyl (C=O) groups is 2. The van der Waals surface area contributed by atoms with Crippen molar-refractivity contribution in [2.24, 2.45) is 0 Å². The molecule has 0 heterocycles. The molecule has 128 valence electrons. The largest absolute Gasteiger partial charge is 0.478 e. The van der Waals surface area contributed by atoms with E-state index in [2.05, 4.69) is 10.6 Å². The van der Waals surface area contributed by atoms with Gasteiger partial charge in [0.25, 0.3) is 11.6 Å². The van der Waals surface area contributed by atoms with Gasteiger partial charge in [0.15, 0.2) is 5.11 Å². The lowest BCUT2D eigenvalue weighted by Gasteiger charge is -2.10. The van der Waals surface area contributed by atoms with Crippen LogP contribution in [0.25, 0.3) is 0 Å². The number of non-ortho nitro benzene ring substituents is 1. The summed E-state index contributed by atoms with van der Waals surface area (Å²) in [5, 5.41) is 24.6. The van der Waals surface area contributed by atoms with E-state index in [1.165, 1.54) is 30.3 Å². The van der Waals surface area contributed by atoms with Crippen LogP contribution in [0.3, 0.4) is 0 Å². The van der Waals surface area contributed by atoms with Crippen LogP contribution in [-0.2, 0) is 0 Å². The first-order valence-electron chi connectivity index (χ1n) is 6.67. The average Bonchev–Trinajstić information content (AvgIpc) is 2.54. The second-order valence-corrected chi connectivity index (χ2v) is 5.53.